The van der Waals surface area contributed by atoms with Gasteiger partial charge in [-0.1, -0.05) is 13.3 Å². The number of aromatic nitrogens is 2. The molecule has 0 amide bonds. The van der Waals surface area contributed by atoms with E-state index in [0.29, 0.717) is 5.41 Å². The maximum atomic E-state index is 4.48. The molecule has 0 atom stereocenters. The van der Waals surface area contributed by atoms with Crippen LogP contribution in [0.25, 0.3) is 0 Å². The molecular formula is C14H25N3. The molecular weight excluding hydrogens is 210 g/mol. The number of hydrogen-bond donors (Lipinski definition) is 1. The summed E-state index contributed by atoms with van der Waals surface area (Å²) in [7, 11) is 0. The molecule has 0 saturated heterocycles. The van der Waals surface area contributed by atoms with E-state index in [2.05, 4.69) is 41.9 Å². The first kappa shape index (κ1) is 12.6. The molecule has 2 rings (SSSR count). The zero-order valence-corrected chi connectivity index (χ0v) is 11.4. The Bertz CT molecular complexity index is 358. The van der Waals surface area contributed by atoms with Gasteiger partial charge in [0.2, 0.25) is 0 Å². The van der Waals surface area contributed by atoms with E-state index in [4.69, 9.17) is 0 Å². The van der Waals surface area contributed by atoms with Gasteiger partial charge in [0.05, 0.1) is 11.4 Å². The molecule has 1 aromatic heterocycles. The second-order valence-electron chi connectivity index (χ2n) is 5.40. The van der Waals surface area contributed by atoms with Crippen molar-refractivity contribution in [2.45, 2.75) is 59.5 Å². The predicted molar refractivity (Wildman–Crippen MR) is 70.9 cm³/mol. The average Bonchev–Trinajstić information content (AvgIpc) is 2.63. The van der Waals surface area contributed by atoms with Gasteiger partial charge in [0.1, 0.15) is 0 Å². The lowest BCUT2D eigenvalue weighted by atomic mass is 9.67. The zero-order valence-electron chi connectivity index (χ0n) is 11.4. The van der Waals surface area contributed by atoms with Crippen molar-refractivity contribution in [3.05, 3.63) is 17.5 Å². The fraction of sp³-hybridized carbons (Fsp3) is 0.786. The molecule has 0 aliphatic heterocycles. The monoisotopic (exact) mass is 235 g/mol. The summed E-state index contributed by atoms with van der Waals surface area (Å²) in [5.41, 5.74) is 3.04. The van der Waals surface area contributed by atoms with E-state index in [-0.39, 0.29) is 0 Å². The van der Waals surface area contributed by atoms with E-state index in [0.717, 1.165) is 25.3 Å². The highest BCUT2D eigenvalue weighted by Crippen LogP contribution is 2.43. The third-order valence-corrected chi connectivity index (χ3v) is 4.26. The fourth-order valence-corrected chi connectivity index (χ4v) is 2.80. The van der Waals surface area contributed by atoms with Crippen molar-refractivity contribution in [3.63, 3.8) is 0 Å². The van der Waals surface area contributed by atoms with Gasteiger partial charge in [-0.05, 0) is 44.6 Å². The molecule has 1 aromatic rings. The van der Waals surface area contributed by atoms with Crippen molar-refractivity contribution in [3.8, 4) is 0 Å². The molecule has 1 saturated carbocycles. The molecule has 3 nitrogen and oxygen atoms in total. The van der Waals surface area contributed by atoms with Gasteiger partial charge >= 0.3 is 0 Å². The normalized spacial score (nSPS) is 18.1. The highest BCUT2D eigenvalue weighted by Gasteiger charge is 2.34. The second-order valence-corrected chi connectivity index (χ2v) is 5.40. The minimum absolute atomic E-state index is 0.603. The Morgan fingerprint density at radius 3 is 2.71 bits per heavy atom. The van der Waals surface area contributed by atoms with Crippen LogP contribution in [0.4, 0.5) is 0 Å². The van der Waals surface area contributed by atoms with Crippen LogP contribution in [-0.2, 0) is 13.1 Å². The average molecular weight is 235 g/mol. The lowest BCUT2D eigenvalue weighted by molar-refractivity contribution is 0.123. The van der Waals surface area contributed by atoms with Gasteiger partial charge < -0.3 is 5.32 Å². The van der Waals surface area contributed by atoms with Crippen LogP contribution in [0.1, 0.15) is 50.9 Å². The number of hydrogen-bond acceptors (Lipinski definition) is 2. The molecule has 0 unspecified atom stereocenters. The van der Waals surface area contributed by atoms with Crippen LogP contribution in [0.15, 0.2) is 6.07 Å². The molecule has 1 N–H and O–H groups in total. The standard InChI is InChI=1S/C14H25N3/c1-4-14(7-6-8-14)11-15-10-13-9-12(3)16-17(13)5-2/h9,15H,4-8,10-11H2,1-3H3. The lowest BCUT2D eigenvalue weighted by Gasteiger charge is -2.41. The molecule has 0 bridgehead atoms. The first-order valence-corrected chi connectivity index (χ1v) is 6.93. The molecule has 0 aromatic carbocycles. The third kappa shape index (κ3) is 2.71. The molecule has 96 valence electrons. The SMILES string of the molecule is CCn1nc(C)cc1CNCC1(CC)CCC1. The molecule has 1 aliphatic carbocycles. The van der Waals surface area contributed by atoms with Crippen LogP contribution in [-0.4, -0.2) is 16.3 Å². The van der Waals surface area contributed by atoms with Crippen LogP contribution in [0.5, 0.6) is 0 Å². The zero-order chi connectivity index (χ0) is 12.3. The predicted octanol–water partition coefficient (Wildman–Crippen LogP) is 2.88. The van der Waals surface area contributed by atoms with Gasteiger partial charge in [0.25, 0.3) is 0 Å². The van der Waals surface area contributed by atoms with Gasteiger partial charge in [-0.2, -0.15) is 5.10 Å². The summed E-state index contributed by atoms with van der Waals surface area (Å²) in [5.74, 6) is 0. The van der Waals surface area contributed by atoms with E-state index in [1.165, 1.54) is 31.4 Å². The van der Waals surface area contributed by atoms with Crippen LogP contribution in [0.2, 0.25) is 0 Å². The van der Waals surface area contributed by atoms with E-state index in [1.807, 2.05) is 0 Å². The fourth-order valence-electron chi connectivity index (χ4n) is 2.80. The number of nitrogens with zero attached hydrogens (tertiary/aromatic N) is 2. The summed E-state index contributed by atoms with van der Waals surface area (Å²) in [6, 6.07) is 2.19. The highest BCUT2D eigenvalue weighted by molar-refractivity contribution is 5.08. The molecule has 0 spiro atoms. The van der Waals surface area contributed by atoms with E-state index in [9.17, 15) is 0 Å². The van der Waals surface area contributed by atoms with Crippen molar-refractivity contribution in [2.24, 2.45) is 5.41 Å². The maximum absolute atomic E-state index is 4.48. The molecule has 1 aliphatic rings. The Balaban J connectivity index is 1.85. The summed E-state index contributed by atoms with van der Waals surface area (Å²) in [6.45, 7) is 9.61. The first-order chi connectivity index (χ1) is 8.19. The number of rotatable bonds is 6. The summed E-state index contributed by atoms with van der Waals surface area (Å²) < 4.78 is 2.10. The summed E-state index contributed by atoms with van der Waals surface area (Å²) >= 11 is 0. The molecule has 1 heterocycles. The Labute approximate surface area is 105 Å². The van der Waals surface area contributed by atoms with Gasteiger partial charge in [0.15, 0.2) is 0 Å². The van der Waals surface area contributed by atoms with E-state index in [1.54, 1.807) is 0 Å². The van der Waals surface area contributed by atoms with Crippen LogP contribution < -0.4 is 5.32 Å². The number of nitrogens with one attached hydrogen (secondary N) is 1. The van der Waals surface area contributed by atoms with Crippen LogP contribution in [0, 0.1) is 12.3 Å². The summed E-state index contributed by atoms with van der Waals surface area (Å²) in [4.78, 5) is 0. The van der Waals surface area contributed by atoms with Gasteiger partial charge in [-0.3, -0.25) is 4.68 Å². The van der Waals surface area contributed by atoms with Crippen molar-refractivity contribution < 1.29 is 0 Å². The van der Waals surface area contributed by atoms with Crippen molar-refractivity contribution in [1.29, 1.82) is 0 Å². The minimum atomic E-state index is 0.603. The third-order valence-electron chi connectivity index (χ3n) is 4.26. The number of aryl methyl sites for hydroxylation is 2. The second kappa shape index (κ2) is 5.21. The van der Waals surface area contributed by atoms with Gasteiger partial charge in [-0.25, -0.2) is 0 Å². The largest absolute Gasteiger partial charge is 0.311 e. The van der Waals surface area contributed by atoms with Crippen molar-refractivity contribution in [2.75, 3.05) is 6.54 Å². The molecule has 0 radical (unpaired) electrons. The Hall–Kier alpha value is -0.830. The van der Waals surface area contributed by atoms with Gasteiger partial charge in [-0.15, -0.1) is 0 Å². The Morgan fingerprint density at radius 1 is 1.41 bits per heavy atom. The highest BCUT2D eigenvalue weighted by atomic mass is 15.3. The summed E-state index contributed by atoms with van der Waals surface area (Å²) in [5, 5.41) is 8.10. The van der Waals surface area contributed by atoms with Crippen molar-refractivity contribution in [1.82, 2.24) is 15.1 Å². The minimum Gasteiger partial charge on any atom is -0.311 e. The van der Waals surface area contributed by atoms with E-state index >= 15 is 0 Å². The Kier molecular flexibility index (Phi) is 3.87. The summed E-state index contributed by atoms with van der Waals surface area (Å²) in [6.07, 6.45) is 5.54. The first-order valence-electron chi connectivity index (χ1n) is 6.93. The van der Waals surface area contributed by atoms with Crippen LogP contribution in [0.3, 0.4) is 0 Å². The maximum Gasteiger partial charge on any atom is 0.0597 e. The molecule has 1 fully saturated rings. The van der Waals surface area contributed by atoms with Gasteiger partial charge in [0, 0.05) is 19.6 Å². The smallest absolute Gasteiger partial charge is 0.0597 e. The topological polar surface area (TPSA) is 29.9 Å². The van der Waals surface area contributed by atoms with E-state index < -0.39 is 0 Å². The quantitative estimate of drug-likeness (QED) is 0.821. The molecule has 17 heavy (non-hydrogen) atoms. The van der Waals surface area contributed by atoms with Crippen LogP contribution >= 0.6 is 0 Å². The molecule has 3 heteroatoms. The lowest BCUT2D eigenvalue weighted by Crippen LogP contribution is -2.39. The van der Waals surface area contributed by atoms with Crippen molar-refractivity contribution >= 4 is 0 Å². The Morgan fingerprint density at radius 2 is 2.18 bits per heavy atom.